The van der Waals surface area contributed by atoms with Gasteiger partial charge in [0.15, 0.2) is 0 Å². The zero-order valence-electron chi connectivity index (χ0n) is 11.7. The molecule has 1 aliphatic heterocycles. The second-order valence-electron chi connectivity index (χ2n) is 5.54. The number of amides is 1. The number of hydrogen-bond donors (Lipinski definition) is 2. The Morgan fingerprint density at radius 2 is 2.20 bits per heavy atom. The standard InChI is InChI=1S/C16H22N2O2/c1-2-8-16(11-14-6-4-3-5-7-14)12-17-9-10-18(13-16)15(19)20/h2-7,17H,1,8-13H2,(H,19,20). The lowest BCUT2D eigenvalue weighted by Crippen LogP contribution is -2.43. The molecule has 1 fully saturated rings. The van der Waals surface area contributed by atoms with Crippen LogP contribution in [-0.4, -0.2) is 42.3 Å². The second-order valence-corrected chi connectivity index (χ2v) is 5.54. The van der Waals surface area contributed by atoms with Crippen molar-refractivity contribution < 1.29 is 9.90 Å². The lowest BCUT2D eigenvalue weighted by molar-refractivity contribution is 0.124. The maximum absolute atomic E-state index is 11.3. The largest absolute Gasteiger partial charge is 0.465 e. The molecule has 1 aromatic rings. The molecule has 1 atom stereocenters. The highest BCUT2D eigenvalue weighted by atomic mass is 16.4. The van der Waals surface area contributed by atoms with Crippen LogP contribution in [0.25, 0.3) is 0 Å². The summed E-state index contributed by atoms with van der Waals surface area (Å²) < 4.78 is 0. The molecular weight excluding hydrogens is 252 g/mol. The van der Waals surface area contributed by atoms with Crippen molar-refractivity contribution in [3.05, 3.63) is 48.6 Å². The third-order valence-electron chi connectivity index (χ3n) is 3.85. The monoisotopic (exact) mass is 274 g/mol. The maximum Gasteiger partial charge on any atom is 0.407 e. The molecule has 0 saturated carbocycles. The molecule has 0 spiro atoms. The molecule has 0 aromatic heterocycles. The lowest BCUT2D eigenvalue weighted by Gasteiger charge is -2.34. The van der Waals surface area contributed by atoms with Crippen LogP contribution >= 0.6 is 0 Å². The summed E-state index contributed by atoms with van der Waals surface area (Å²) >= 11 is 0. The van der Waals surface area contributed by atoms with Crippen LogP contribution in [0.15, 0.2) is 43.0 Å². The zero-order valence-corrected chi connectivity index (χ0v) is 11.7. The third kappa shape index (κ3) is 3.61. The average molecular weight is 274 g/mol. The van der Waals surface area contributed by atoms with Gasteiger partial charge in [-0.1, -0.05) is 36.4 Å². The molecule has 4 nitrogen and oxygen atoms in total. The number of hydrogen-bond acceptors (Lipinski definition) is 2. The van der Waals surface area contributed by atoms with Gasteiger partial charge in [-0.2, -0.15) is 0 Å². The van der Waals surface area contributed by atoms with Crippen LogP contribution in [0.3, 0.4) is 0 Å². The van der Waals surface area contributed by atoms with Crippen LogP contribution in [0.1, 0.15) is 12.0 Å². The second kappa shape index (κ2) is 6.57. The summed E-state index contributed by atoms with van der Waals surface area (Å²) in [5, 5.41) is 12.7. The Bertz CT molecular complexity index is 461. The molecule has 2 N–H and O–H groups in total. The van der Waals surface area contributed by atoms with E-state index in [-0.39, 0.29) is 5.41 Å². The molecule has 0 aliphatic carbocycles. The summed E-state index contributed by atoms with van der Waals surface area (Å²) in [7, 11) is 0. The van der Waals surface area contributed by atoms with Crippen molar-refractivity contribution in [1.29, 1.82) is 0 Å². The number of benzene rings is 1. The number of carbonyl (C=O) groups is 1. The Balaban J connectivity index is 2.22. The van der Waals surface area contributed by atoms with Crippen molar-refractivity contribution in [3.63, 3.8) is 0 Å². The van der Waals surface area contributed by atoms with Crippen molar-refractivity contribution in [2.75, 3.05) is 26.2 Å². The zero-order chi connectivity index (χ0) is 14.4. The number of allylic oxidation sites excluding steroid dienone is 1. The molecule has 1 unspecified atom stereocenters. The Hall–Kier alpha value is -1.81. The lowest BCUT2D eigenvalue weighted by atomic mass is 9.78. The van der Waals surface area contributed by atoms with Gasteiger partial charge in [-0.05, 0) is 18.4 Å². The van der Waals surface area contributed by atoms with Crippen LogP contribution in [0.2, 0.25) is 0 Å². The van der Waals surface area contributed by atoms with E-state index >= 15 is 0 Å². The Morgan fingerprint density at radius 3 is 2.85 bits per heavy atom. The van der Waals surface area contributed by atoms with E-state index in [1.54, 1.807) is 0 Å². The van der Waals surface area contributed by atoms with Crippen molar-refractivity contribution in [3.8, 4) is 0 Å². The summed E-state index contributed by atoms with van der Waals surface area (Å²) in [6.07, 6.45) is 2.72. The van der Waals surface area contributed by atoms with E-state index in [1.165, 1.54) is 10.5 Å². The molecule has 108 valence electrons. The van der Waals surface area contributed by atoms with Gasteiger partial charge in [-0.15, -0.1) is 6.58 Å². The molecule has 4 heteroatoms. The Morgan fingerprint density at radius 1 is 1.45 bits per heavy atom. The topological polar surface area (TPSA) is 52.6 Å². The number of nitrogens with zero attached hydrogens (tertiary/aromatic N) is 1. The average Bonchev–Trinajstić information content (AvgIpc) is 2.63. The molecule has 20 heavy (non-hydrogen) atoms. The first-order chi connectivity index (χ1) is 9.65. The van der Waals surface area contributed by atoms with Crippen molar-refractivity contribution in [2.45, 2.75) is 12.8 Å². The van der Waals surface area contributed by atoms with Gasteiger partial charge in [0.05, 0.1) is 0 Å². The summed E-state index contributed by atoms with van der Waals surface area (Å²) in [4.78, 5) is 12.8. The van der Waals surface area contributed by atoms with Crippen LogP contribution in [0, 0.1) is 5.41 Å². The third-order valence-corrected chi connectivity index (χ3v) is 3.85. The molecule has 0 radical (unpaired) electrons. The van der Waals surface area contributed by atoms with E-state index in [1.807, 2.05) is 24.3 Å². The van der Waals surface area contributed by atoms with Gasteiger partial charge in [0.25, 0.3) is 0 Å². The molecule has 1 aliphatic rings. The molecule has 1 aromatic carbocycles. The highest BCUT2D eigenvalue weighted by Gasteiger charge is 2.34. The summed E-state index contributed by atoms with van der Waals surface area (Å²) in [6, 6.07) is 10.2. The van der Waals surface area contributed by atoms with E-state index in [0.29, 0.717) is 19.6 Å². The van der Waals surface area contributed by atoms with Gasteiger partial charge in [-0.25, -0.2) is 4.79 Å². The molecule has 1 heterocycles. The van der Waals surface area contributed by atoms with Gasteiger partial charge < -0.3 is 15.3 Å². The highest BCUT2D eigenvalue weighted by Crippen LogP contribution is 2.30. The highest BCUT2D eigenvalue weighted by molar-refractivity contribution is 5.65. The molecule has 1 saturated heterocycles. The van der Waals surface area contributed by atoms with Crippen LogP contribution < -0.4 is 5.32 Å². The van der Waals surface area contributed by atoms with Crippen LogP contribution in [0.4, 0.5) is 4.79 Å². The van der Waals surface area contributed by atoms with E-state index in [0.717, 1.165) is 19.4 Å². The fourth-order valence-corrected chi connectivity index (χ4v) is 2.93. The Labute approximate surface area is 120 Å². The van der Waals surface area contributed by atoms with Gasteiger partial charge in [0.1, 0.15) is 0 Å². The number of nitrogens with one attached hydrogen (secondary N) is 1. The van der Waals surface area contributed by atoms with Gasteiger partial charge in [0, 0.05) is 31.6 Å². The Kier molecular flexibility index (Phi) is 4.79. The van der Waals surface area contributed by atoms with Crippen molar-refractivity contribution in [2.24, 2.45) is 5.41 Å². The number of rotatable bonds is 4. The fraction of sp³-hybridized carbons (Fsp3) is 0.438. The normalized spacial score (nSPS) is 23.1. The predicted molar refractivity (Wildman–Crippen MR) is 79.9 cm³/mol. The van der Waals surface area contributed by atoms with E-state index < -0.39 is 6.09 Å². The van der Waals surface area contributed by atoms with E-state index in [4.69, 9.17) is 0 Å². The first kappa shape index (κ1) is 14.6. The summed E-state index contributed by atoms with van der Waals surface area (Å²) in [5.74, 6) is 0. The minimum atomic E-state index is -0.838. The molecular formula is C16H22N2O2. The van der Waals surface area contributed by atoms with Gasteiger partial charge >= 0.3 is 6.09 Å². The summed E-state index contributed by atoms with van der Waals surface area (Å²) in [5.41, 5.74) is 1.13. The molecule has 2 rings (SSSR count). The maximum atomic E-state index is 11.3. The molecule has 1 amide bonds. The van der Waals surface area contributed by atoms with E-state index in [2.05, 4.69) is 24.0 Å². The van der Waals surface area contributed by atoms with E-state index in [9.17, 15) is 9.90 Å². The van der Waals surface area contributed by atoms with Gasteiger partial charge in [0.2, 0.25) is 0 Å². The van der Waals surface area contributed by atoms with Crippen LogP contribution in [-0.2, 0) is 6.42 Å². The predicted octanol–water partition coefficient (Wildman–Crippen LogP) is 2.37. The van der Waals surface area contributed by atoms with Crippen LogP contribution in [0.5, 0.6) is 0 Å². The minimum absolute atomic E-state index is 0.113. The number of carboxylic acid groups (broad SMARTS) is 1. The smallest absolute Gasteiger partial charge is 0.407 e. The first-order valence-electron chi connectivity index (χ1n) is 6.99. The SMILES string of the molecule is C=CCC1(Cc2ccccc2)CNCCN(C(=O)O)C1. The van der Waals surface area contributed by atoms with Crippen molar-refractivity contribution in [1.82, 2.24) is 10.2 Å². The minimum Gasteiger partial charge on any atom is -0.465 e. The molecule has 0 bridgehead atoms. The van der Waals surface area contributed by atoms with Crippen molar-refractivity contribution >= 4 is 6.09 Å². The first-order valence-corrected chi connectivity index (χ1v) is 6.99. The summed E-state index contributed by atoms with van der Waals surface area (Å²) in [6.45, 7) is 6.47. The van der Waals surface area contributed by atoms with Gasteiger partial charge in [-0.3, -0.25) is 0 Å². The quantitative estimate of drug-likeness (QED) is 0.829. The fourth-order valence-electron chi connectivity index (χ4n) is 2.93.